The molecule has 6 nitrogen and oxygen atoms in total. The van der Waals surface area contributed by atoms with E-state index in [1.165, 1.54) is 18.2 Å². The van der Waals surface area contributed by atoms with Gasteiger partial charge in [0.2, 0.25) is 5.91 Å². The largest absolute Gasteiger partial charge is 0.481 e. The van der Waals surface area contributed by atoms with Crippen molar-refractivity contribution in [3.8, 4) is 0 Å². The van der Waals surface area contributed by atoms with Crippen LogP contribution in [-0.2, 0) is 9.59 Å². The number of carboxylic acid groups (broad SMARTS) is 2. The van der Waals surface area contributed by atoms with Gasteiger partial charge in [-0.1, -0.05) is 11.6 Å². The maximum absolute atomic E-state index is 11.5. The van der Waals surface area contributed by atoms with Gasteiger partial charge in [0, 0.05) is 18.5 Å². The Balaban J connectivity index is 2.62. The smallest absolute Gasteiger partial charge is 0.337 e. The van der Waals surface area contributed by atoms with Gasteiger partial charge >= 0.3 is 11.9 Å². The molecule has 19 heavy (non-hydrogen) atoms. The minimum atomic E-state index is -1.19. The Bertz CT molecular complexity index is 515. The number of carbonyl (C=O) groups is 3. The molecule has 0 radical (unpaired) electrons. The van der Waals surface area contributed by atoms with E-state index in [0.29, 0.717) is 5.69 Å². The van der Waals surface area contributed by atoms with E-state index in [4.69, 9.17) is 21.8 Å². The Morgan fingerprint density at radius 3 is 2.42 bits per heavy atom. The first-order valence-electron chi connectivity index (χ1n) is 5.44. The lowest BCUT2D eigenvalue weighted by atomic mass is 10.2. The van der Waals surface area contributed by atoms with Gasteiger partial charge in [-0.05, 0) is 24.6 Å². The van der Waals surface area contributed by atoms with Crippen molar-refractivity contribution in [3.05, 3.63) is 28.8 Å². The van der Waals surface area contributed by atoms with E-state index >= 15 is 0 Å². The summed E-state index contributed by atoms with van der Waals surface area (Å²) in [7, 11) is 0. The molecule has 1 aromatic rings. The number of amides is 1. The van der Waals surface area contributed by atoms with Crippen molar-refractivity contribution in [3.63, 3.8) is 0 Å². The molecule has 0 aliphatic rings. The van der Waals surface area contributed by atoms with Crippen molar-refractivity contribution in [1.29, 1.82) is 0 Å². The average Bonchev–Trinajstić information content (AvgIpc) is 2.30. The number of hydrogen-bond donors (Lipinski definition) is 3. The molecule has 0 spiro atoms. The van der Waals surface area contributed by atoms with E-state index in [1.807, 2.05) is 0 Å². The van der Waals surface area contributed by atoms with Gasteiger partial charge in [-0.15, -0.1) is 0 Å². The van der Waals surface area contributed by atoms with E-state index in [1.54, 1.807) is 0 Å². The summed E-state index contributed by atoms with van der Waals surface area (Å²) in [4.78, 5) is 32.6. The molecular weight excluding hydrogens is 274 g/mol. The van der Waals surface area contributed by atoms with E-state index in [-0.39, 0.29) is 35.8 Å². The van der Waals surface area contributed by atoms with Crippen LogP contribution in [0.3, 0.4) is 0 Å². The van der Waals surface area contributed by atoms with Crippen LogP contribution in [-0.4, -0.2) is 28.1 Å². The molecule has 0 saturated heterocycles. The molecule has 0 aromatic heterocycles. The third-order valence-electron chi connectivity index (χ3n) is 2.28. The van der Waals surface area contributed by atoms with Gasteiger partial charge in [0.25, 0.3) is 0 Å². The van der Waals surface area contributed by atoms with Crippen LogP contribution >= 0.6 is 11.6 Å². The summed E-state index contributed by atoms with van der Waals surface area (Å²) in [6, 6.07) is 4.10. The SMILES string of the molecule is O=C(O)CCCC(=O)Nc1ccc(Cl)c(C(=O)O)c1. The number of aromatic carboxylic acids is 1. The molecule has 1 amide bonds. The maximum Gasteiger partial charge on any atom is 0.337 e. The molecule has 7 heteroatoms. The van der Waals surface area contributed by atoms with Crippen molar-refractivity contribution < 1.29 is 24.6 Å². The number of carboxylic acids is 2. The first-order valence-corrected chi connectivity index (χ1v) is 5.82. The summed E-state index contributed by atoms with van der Waals surface area (Å²) in [6.45, 7) is 0. The van der Waals surface area contributed by atoms with Gasteiger partial charge in [0.15, 0.2) is 0 Å². The lowest BCUT2D eigenvalue weighted by Gasteiger charge is -2.06. The second kappa shape index (κ2) is 6.75. The first-order chi connectivity index (χ1) is 8.90. The zero-order valence-corrected chi connectivity index (χ0v) is 10.6. The number of anilines is 1. The molecule has 1 aromatic carbocycles. The summed E-state index contributed by atoms with van der Waals surface area (Å²) in [5.74, 6) is -2.53. The third-order valence-corrected chi connectivity index (χ3v) is 2.60. The van der Waals surface area contributed by atoms with E-state index in [0.717, 1.165) is 0 Å². The molecule has 3 N–H and O–H groups in total. The summed E-state index contributed by atoms with van der Waals surface area (Å²) < 4.78 is 0. The topological polar surface area (TPSA) is 104 Å². The summed E-state index contributed by atoms with van der Waals surface area (Å²) in [6.07, 6.45) is 0.187. The molecule has 0 atom stereocenters. The van der Waals surface area contributed by atoms with Crippen molar-refractivity contribution in [1.82, 2.24) is 0 Å². The van der Waals surface area contributed by atoms with Gasteiger partial charge in [0.1, 0.15) is 0 Å². The van der Waals surface area contributed by atoms with Gasteiger partial charge in [-0.3, -0.25) is 9.59 Å². The van der Waals surface area contributed by atoms with Gasteiger partial charge in [0.05, 0.1) is 10.6 Å². The van der Waals surface area contributed by atoms with Crippen LogP contribution in [0.4, 0.5) is 5.69 Å². The third kappa shape index (κ3) is 4.97. The number of halogens is 1. The fourth-order valence-corrected chi connectivity index (χ4v) is 1.59. The summed E-state index contributed by atoms with van der Waals surface area (Å²) >= 11 is 5.69. The van der Waals surface area contributed by atoms with Gasteiger partial charge in [-0.25, -0.2) is 4.79 Å². The Labute approximate surface area is 114 Å². The highest BCUT2D eigenvalue weighted by atomic mass is 35.5. The summed E-state index contributed by atoms with van der Waals surface area (Å²) in [5, 5.41) is 19.9. The maximum atomic E-state index is 11.5. The van der Waals surface area contributed by atoms with Crippen LogP contribution in [0.1, 0.15) is 29.6 Å². The Morgan fingerprint density at radius 1 is 1.16 bits per heavy atom. The molecule has 0 unspecified atom stereocenters. The Kier molecular flexibility index (Phi) is 5.32. The van der Waals surface area contributed by atoms with Crippen LogP contribution in [0.15, 0.2) is 18.2 Å². The molecule has 1 rings (SSSR count). The van der Waals surface area contributed by atoms with Crippen LogP contribution in [0.2, 0.25) is 5.02 Å². The molecule has 0 fully saturated rings. The van der Waals surface area contributed by atoms with Crippen LogP contribution in [0.5, 0.6) is 0 Å². The monoisotopic (exact) mass is 285 g/mol. The fraction of sp³-hybridized carbons (Fsp3) is 0.250. The predicted octanol–water partition coefficient (Wildman–Crippen LogP) is 2.23. The lowest BCUT2D eigenvalue weighted by Crippen LogP contribution is -2.12. The standard InChI is InChI=1S/C12H12ClNO5/c13-9-5-4-7(6-8(9)12(18)19)14-10(15)2-1-3-11(16)17/h4-6H,1-3H2,(H,14,15)(H,16,17)(H,18,19). The van der Waals surface area contributed by atoms with Crippen molar-refractivity contribution in [2.24, 2.45) is 0 Å². The number of nitrogens with one attached hydrogen (secondary N) is 1. The predicted molar refractivity (Wildman–Crippen MR) is 68.5 cm³/mol. The molecule has 0 saturated carbocycles. The van der Waals surface area contributed by atoms with Gasteiger partial charge < -0.3 is 15.5 Å². The van der Waals surface area contributed by atoms with E-state index in [9.17, 15) is 14.4 Å². The van der Waals surface area contributed by atoms with E-state index in [2.05, 4.69) is 5.32 Å². The zero-order chi connectivity index (χ0) is 14.4. The molecule has 0 aliphatic carbocycles. The van der Waals surface area contributed by atoms with Crippen molar-refractivity contribution in [2.75, 3.05) is 5.32 Å². The Hall–Kier alpha value is -2.08. The molecule has 0 bridgehead atoms. The molecule has 102 valence electrons. The normalized spacial score (nSPS) is 9.95. The number of aliphatic carboxylic acids is 1. The summed E-state index contributed by atoms with van der Waals surface area (Å²) in [5.41, 5.74) is 0.201. The minimum absolute atomic E-state index is 0.0529. The zero-order valence-electron chi connectivity index (χ0n) is 9.85. The second-order valence-corrected chi connectivity index (χ2v) is 4.20. The van der Waals surface area contributed by atoms with Crippen molar-refractivity contribution >= 4 is 35.1 Å². The molecular formula is C12H12ClNO5. The van der Waals surface area contributed by atoms with Gasteiger partial charge in [-0.2, -0.15) is 0 Å². The first kappa shape index (κ1) is 15.0. The average molecular weight is 286 g/mol. The lowest BCUT2D eigenvalue weighted by molar-refractivity contribution is -0.137. The molecule has 0 aliphatic heterocycles. The molecule has 0 heterocycles. The highest BCUT2D eigenvalue weighted by Crippen LogP contribution is 2.20. The highest BCUT2D eigenvalue weighted by Gasteiger charge is 2.11. The number of rotatable bonds is 6. The fourth-order valence-electron chi connectivity index (χ4n) is 1.39. The Morgan fingerprint density at radius 2 is 1.84 bits per heavy atom. The quantitative estimate of drug-likeness (QED) is 0.743. The minimum Gasteiger partial charge on any atom is -0.481 e. The van der Waals surface area contributed by atoms with Crippen LogP contribution in [0, 0.1) is 0 Å². The second-order valence-electron chi connectivity index (χ2n) is 3.80. The number of benzene rings is 1. The van der Waals surface area contributed by atoms with Crippen molar-refractivity contribution in [2.45, 2.75) is 19.3 Å². The van der Waals surface area contributed by atoms with Crippen LogP contribution in [0.25, 0.3) is 0 Å². The highest BCUT2D eigenvalue weighted by molar-refractivity contribution is 6.33. The number of hydrogen-bond acceptors (Lipinski definition) is 3. The van der Waals surface area contributed by atoms with E-state index < -0.39 is 11.9 Å². The van der Waals surface area contributed by atoms with Crippen LogP contribution < -0.4 is 5.32 Å². The number of carbonyl (C=O) groups excluding carboxylic acids is 1.